The van der Waals surface area contributed by atoms with Crippen molar-refractivity contribution in [2.45, 2.75) is 37.1 Å². The highest BCUT2D eigenvalue weighted by Gasteiger charge is 2.41. The van der Waals surface area contributed by atoms with Crippen molar-refractivity contribution < 1.29 is 19.1 Å². The number of ether oxygens (including phenoxy) is 1. The van der Waals surface area contributed by atoms with Gasteiger partial charge in [0.05, 0.1) is 5.56 Å². The number of rotatable bonds is 6. The minimum Gasteiger partial charge on any atom is -0.423 e. The highest BCUT2D eigenvalue weighted by atomic mass is 32.2. The number of carbonyl (C=O) groups is 3. The predicted molar refractivity (Wildman–Crippen MR) is 108 cm³/mol. The van der Waals surface area contributed by atoms with Gasteiger partial charge in [-0.15, -0.1) is 11.8 Å². The van der Waals surface area contributed by atoms with Gasteiger partial charge in [-0.25, -0.2) is 9.59 Å². The molecule has 1 fully saturated rings. The van der Waals surface area contributed by atoms with E-state index in [1.807, 2.05) is 24.3 Å². The second-order valence-electron chi connectivity index (χ2n) is 7.14. The van der Waals surface area contributed by atoms with Crippen molar-refractivity contribution in [2.75, 3.05) is 5.75 Å². The van der Waals surface area contributed by atoms with E-state index in [0.717, 1.165) is 5.56 Å². The summed E-state index contributed by atoms with van der Waals surface area (Å²) in [5, 5.41) is 4.85. The zero-order chi connectivity index (χ0) is 20.3. The maximum absolute atomic E-state index is 12.7. The number of nitrogens with one attached hydrogen (secondary N) is 2. The van der Waals surface area contributed by atoms with E-state index in [1.54, 1.807) is 31.2 Å². The first-order chi connectivity index (χ1) is 13.3. The first-order valence-electron chi connectivity index (χ1n) is 8.96. The van der Waals surface area contributed by atoms with Gasteiger partial charge in [0.2, 0.25) is 0 Å². The number of hydrogen-bond acceptors (Lipinski definition) is 5. The van der Waals surface area contributed by atoms with Crippen molar-refractivity contribution in [3.8, 4) is 5.75 Å². The molecule has 1 aliphatic heterocycles. The molecular formula is C21H22N2O4S. The molecule has 3 amide bonds. The van der Waals surface area contributed by atoms with Gasteiger partial charge < -0.3 is 10.1 Å². The molecule has 28 heavy (non-hydrogen) atoms. The number of benzene rings is 2. The predicted octanol–water partition coefficient (Wildman–Crippen LogP) is 3.72. The Morgan fingerprint density at radius 1 is 1.14 bits per heavy atom. The fourth-order valence-corrected chi connectivity index (χ4v) is 3.89. The summed E-state index contributed by atoms with van der Waals surface area (Å²) in [7, 11) is 0. The molecule has 146 valence electrons. The topological polar surface area (TPSA) is 84.5 Å². The normalized spacial score (nSPS) is 18.7. The van der Waals surface area contributed by atoms with Gasteiger partial charge in [-0.3, -0.25) is 10.1 Å². The van der Waals surface area contributed by atoms with Crippen LogP contribution >= 0.6 is 11.8 Å². The van der Waals surface area contributed by atoms with Crippen LogP contribution in [0.4, 0.5) is 4.79 Å². The SMILES string of the molecule is CC(C)c1cccc(OC(=O)c2ccccc2SC[C@]2(C)NC(=O)NC2=O)c1. The van der Waals surface area contributed by atoms with Gasteiger partial charge in [0.15, 0.2) is 0 Å². The molecule has 0 bridgehead atoms. The lowest BCUT2D eigenvalue weighted by molar-refractivity contribution is -0.122. The number of imide groups is 1. The number of thioether (sulfide) groups is 1. The Labute approximate surface area is 168 Å². The fraction of sp³-hybridized carbons (Fsp3) is 0.286. The van der Waals surface area contributed by atoms with Gasteiger partial charge in [0.1, 0.15) is 11.3 Å². The van der Waals surface area contributed by atoms with Gasteiger partial charge in [0, 0.05) is 10.6 Å². The first kappa shape index (κ1) is 19.9. The number of esters is 1. The molecule has 2 N–H and O–H groups in total. The van der Waals surface area contributed by atoms with E-state index in [9.17, 15) is 14.4 Å². The summed E-state index contributed by atoms with van der Waals surface area (Å²) in [4.78, 5) is 36.8. The lowest BCUT2D eigenvalue weighted by atomic mass is 10.0. The van der Waals surface area contributed by atoms with Crippen molar-refractivity contribution in [1.29, 1.82) is 0 Å². The number of hydrogen-bond donors (Lipinski definition) is 2. The molecule has 0 saturated carbocycles. The van der Waals surface area contributed by atoms with E-state index in [-0.39, 0.29) is 11.7 Å². The quantitative estimate of drug-likeness (QED) is 0.335. The van der Waals surface area contributed by atoms with Crippen LogP contribution in [0, 0.1) is 0 Å². The van der Waals surface area contributed by atoms with Crippen molar-refractivity contribution in [3.05, 3.63) is 59.7 Å². The molecule has 1 atom stereocenters. The van der Waals surface area contributed by atoms with Gasteiger partial charge in [-0.2, -0.15) is 0 Å². The second-order valence-corrected chi connectivity index (χ2v) is 8.16. The minimum atomic E-state index is -1.02. The second kappa shape index (κ2) is 8.06. The Bertz CT molecular complexity index is 928. The Morgan fingerprint density at radius 3 is 2.57 bits per heavy atom. The molecule has 7 heteroatoms. The largest absolute Gasteiger partial charge is 0.423 e. The van der Waals surface area contributed by atoms with E-state index in [1.165, 1.54) is 11.8 Å². The monoisotopic (exact) mass is 398 g/mol. The number of amides is 3. The van der Waals surface area contributed by atoms with E-state index >= 15 is 0 Å². The van der Waals surface area contributed by atoms with Gasteiger partial charge in [0.25, 0.3) is 5.91 Å². The summed E-state index contributed by atoms with van der Waals surface area (Å²) in [5.41, 5.74) is 0.476. The lowest BCUT2D eigenvalue weighted by Gasteiger charge is -2.20. The van der Waals surface area contributed by atoms with Crippen LogP contribution in [-0.2, 0) is 4.79 Å². The standard InChI is InChI=1S/C21H22N2O4S/c1-13(2)14-7-6-8-15(11-14)27-18(24)16-9-4-5-10-17(16)28-12-21(3)19(25)22-20(26)23-21/h4-11,13H,12H2,1-3H3,(H2,22,23,25,26)/t21-/m0/s1. The molecule has 1 heterocycles. The molecular weight excluding hydrogens is 376 g/mol. The van der Waals surface area contributed by atoms with Crippen LogP contribution < -0.4 is 15.4 Å². The van der Waals surface area contributed by atoms with Gasteiger partial charge in [-0.1, -0.05) is 38.1 Å². The molecule has 0 spiro atoms. The lowest BCUT2D eigenvalue weighted by Crippen LogP contribution is -2.46. The molecule has 0 aliphatic carbocycles. The van der Waals surface area contributed by atoms with Crippen LogP contribution in [0.1, 0.15) is 42.6 Å². The smallest absolute Gasteiger partial charge is 0.344 e. The molecule has 3 rings (SSSR count). The number of urea groups is 1. The molecule has 1 saturated heterocycles. The van der Waals surface area contributed by atoms with E-state index in [0.29, 0.717) is 22.1 Å². The maximum Gasteiger partial charge on any atom is 0.344 e. The van der Waals surface area contributed by atoms with Crippen molar-refractivity contribution in [3.63, 3.8) is 0 Å². The molecule has 1 aliphatic rings. The van der Waals surface area contributed by atoms with E-state index < -0.39 is 17.5 Å². The third-order valence-corrected chi connectivity index (χ3v) is 5.86. The zero-order valence-corrected chi connectivity index (χ0v) is 16.8. The van der Waals surface area contributed by atoms with Crippen molar-refractivity contribution >= 4 is 29.7 Å². The Kier molecular flexibility index (Phi) is 5.74. The Balaban J connectivity index is 1.75. The third-order valence-electron chi connectivity index (χ3n) is 4.48. The Morgan fingerprint density at radius 2 is 1.89 bits per heavy atom. The fourth-order valence-electron chi connectivity index (χ4n) is 2.76. The molecule has 0 unspecified atom stereocenters. The zero-order valence-electron chi connectivity index (χ0n) is 15.9. The van der Waals surface area contributed by atoms with Crippen LogP contribution in [0.3, 0.4) is 0 Å². The van der Waals surface area contributed by atoms with Crippen LogP contribution in [-0.4, -0.2) is 29.2 Å². The van der Waals surface area contributed by atoms with Crippen LogP contribution in [0.2, 0.25) is 0 Å². The summed E-state index contributed by atoms with van der Waals surface area (Å²) < 4.78 is 5.57. The minimum absolute atomic E-state index is 0.289. The highest BCUT2D eigenvalue weighted by molar-refractivity contribution is 7.99. The van der Waals surface area contributed by atoms with Crippen LogP contribution in [0.15, 0.2) is 53.4 Å². The molecule has 0 radical (unpaired) electrons. The van der Waals surface area contributed by atoms with Crippen molar-refractivity contribution in [2.24, 2.45) is 0 Å². The summed E-state index contributed by atoms with van der Waals surface area (Å²) in [6.07, 6.45) is 0. The molecule has 0 aromatic heterocycles. The first-order valence-corrected chi connectivity index (χ1v) is 9.94. The van der Waals surface area contributed by atoms with Gasteiger partial charge >= 0.3 is 12.0 Å². The van der Waals surface area contributed by atoms with Crippen molar-refractivity contribution in [1.82, 2.24) is 10.6 Å². The number of carbonyl (C=O) groups excluding carboxylic acids is 3. The molecule has 2 aromatic rings. The van der Waals surface area contributed by atoms with E-state index in [4.69, 9.17) is 4.74 Å². The van der Waals surface area contributed by atoms with Gasteiger partial charge in [-0.05, 0) is 42.7 Å². The average molecular weight is 398 g/mol. The summed E-state index contributed by atoms with van der Waals surface area (Å²) >= 11 is 1.32. The average Bonchev–Trinajstić information content (AvgIpc) is 2.92. The molecule has 2 aromatic carbocycles. The summed E-state index contributed by atoms with van der Waals surface area (Å²) in [6.45, 7) is 5.80. The third kappa shape index (κ3) is 4.36. The Hall–Kier alpha value is -2.80. The summed E-state index contributed by atoms with van der Waals surface area (Å²) in [5.74, 6) is 0.266. The van der Waals surface area contributed by atoms with Crippen LogP contribution in [0.25, 0.3) is 0 Å². The van der Waals surface area contributed by atoms with E-state index in [2.05, 4.69) is 24.5 Å². The van der Waals surface area contributed by atoms with Crippen LogP contribution in [0.5, 0.6) is 5.75 Å². The highest BCUT2D eigenvalue weighted by Crippen LogP contribution is 2.29. The maximum atomic E-state index is 12.7. The summed E-state index contributed by atoms with van der Waals surface area (Å²) in [6, 6.07) is 14.0. The molecule has 6 nitrogen and oxygen atoms in total.